The molecule has 100 valence electrons. The summed E-state index contributed by atoms with van der Waals surface area (Å²) >= 11 is 0. The van der Waals surface area contributed by atoms with Crippen LogP contribution in [0.3, 0.4) is 0 Å². The lowest BCUT2D eigenvalue weighted by Crippen LogP contribution is -2.17. The molecular formula is C11H18N4O3. The van der Waals surface area contributed by atoms with Crippen molar-refractivity contribution in [2.45, 2.75) is 26.8 Å². The van der Waals surface area contributed by atoms with Gasteiger partial charge < -0.3 is 10.1 Å². The van der Waals surface area contributed by atoms with E-state index in [0.29, 0.717) is 24.8 Å². The van der Waals surface area contributed by atoms with Crippen molar-refractivity contribution < 1.29 is 9.66 Å². The van der Waals surface area contributed by atoms with Crippen molar-refractivity contribution in [3.63, 3.8) is 0 Å². The second-order valence-corrected chi connectivity index (χ2v) is 4.48. The van der Waals surface area contributed by atoms with Crippen molar-refractivity contribution in [2.75, 3.05) is 19.7 Å². The molecule has 1 aliphatic heterocycles. The van der Waals surface area contributed by atoms with Gasteiger partial charge in [0, 0.05) is 19.0 Å². The third kappa shape index (κ3) is 2.45. The van der Waals surface area contributed by atoms with Crippen molar-refractivity contribution in [2.24, 2.45) is 5.92 Å². The number of nitro groups is 1. The number of nitrogens with zero attached hydrogens (tertiary/aromatic N) is 3. The molecule has 1 aromatic heterocycles. The summed E-state index contributed by atoms with van der Waals surface area (Å²) in [5.41, 5.74) is 0.393. The van der Waals surface area contributed by atoms with E-state index >= 15 is 0 Å². The minimum Gasteiger partial charge on any atom is -0.473 e. The van der Waals surface area contributed by atoms with Gasteiger partial charge in [-0.1, -0.05) is 0 Å². The molecule has 7 nitrogen and oxygen atoms in total. The molecule has 1 N–H and O–H groups in total. The molecule has 0 bridgehead atoms. The molecule has 7 heteroatoms. The van der Waals surface area contributed by atoms with Gasteiger partial charge in [-0.25, -0.2) is 4.68 Å². The molecule has 1 atom stereocenters. The molecule has 2 heterocycles. The van der Waals surface area contributed by atoms with E-state index in [0.717, 1.165) is 19.5 Å². The number of aromatic nitrogens is 2. The molecule has 0 radical (unpaired) electrons. The minimum absolute atomic E-state index is 0.0113. The monoisotopic (exact) mass is 254 g/mol. The van der Waals surface area contributed by atoms with E-state index in [4.69, 9.17) is 4.74 Å². The summed E-state index contributed by atoms with van der Waals surface area (Å²) in [7, 11) is 0. The normalized spacial score (nSPS) is 19.1. The van der Waals surface area contributed by atoms with Crippen LogP contribution in [0.2, 0.25) is 0 Å². The van der Waals surface area contributed by atoms with Crippen molar-refractivity contribution in [3.8, 4) is 5.88 Å². The lowest BCUT2D eigenvalue weighted by atomic mass is 10.1. The summed E-state index contributed by atoms with van der Waals surface area (Å²) in [6.07, 6.45) is 1.05. The van der Waals surface area contributed by atoms with Crippen LogP contribution in [-0.2, 0) is 6.54 Å². The predicted octanol–water partition coefficient (Wildman–Crippen LogP) is 1.11. The molecular weight excluding hydrogens is 236 g/mol. The molecule has 2 rings (SSSR count). The van der Waals surface area contributed by atoms with Crippen LogP contribution < -0.4 is 10.1 Å². The van der Waals surface area contributed by atoms with Gasteiger partial charge in [0.25, 0.3) is 5.88 Å². The first-order valence-corrected chi connectivity index (χ1v) is 6.18. The van der Waals surface area contributed by atoms with E-state index in [9.17, 15) is 10.1 Å². The van der Waals surface area contributed by atoms with Crippen molar-refractivity contribution in [1.29, 1.82) is 0 Å². The second kappa shape index (κ2) is 5.34. The van der Waals surface area contributed by atoms with Gasteiger partial charge in [0.15, 0.2) is 0 Å². The first-order chi connectivity index (χ1) is 8.63. The fourth-order valence-corrected chi connectivity index (χ4v) is 2.17. The van der Waals surface area contributed by atoms with Crippen molar-refractivity contribution >= 4 is 5.69 Å². The fourth-order valence-electron chi connectivity index (χ4n) is 2.17. The summed E-state index contributed by atoms with van der Waals surface area (Å²) in [6.45, 7) is 6.48. The zero-order valence-corrected chi connectivity index (χ0v) is 10.7. The van der Waals surface area contributed by atoms with E-state index in [1.54, 1.807) is 11.6 Å². The van der Waals surface area contributed by atoms with E-state index in [1.807, 2.05) is 6.92 Å². The molecule has 1 aliphatic rings. The Morgan fingerprint density at radius 2 is 2.44 bits per heavy atom. The van der Waals surface area contributed by atoms with Gasteiger partial charge in [-0.05, 0) is 26.8 Å². The van der Waals surface area contributed by atoms with Gasteiger partial charge in [-0.15, -0.1) is 0 Å². The van der Waals surface area contributed by atoms with Crippen LogP contribution in [-0.4, -0.2) is 34.4 Å². The average Bonchev–Trinajstić information content (AvgIpc) is 2.92. The maximum Gasteiger partial charge on any atom is 0.353 e. The quantitative estimate of drug-likeness (QED) is 0.628. The number of nitrogens with one attached hydrogen (secondary N) is 1. The van der Waals surface area contributed by atoms with Crippen LogP contribution in [0.15, 0.2) is 0 Å². The van der Waals surface area contributed by atoms with E-state index in [2.05, 4.69) is 10.4 Å². The molecule has 18 heavy (non-hydrogen) atoms. The van der Waals surface area contributed by atoms with Crippen LogP contribution in [0.5, 0.6) is 5.88 Å². The Labute approximate surface area is 105 Å². The van der Waals surface area contributed by atoms with Gasteiger partial charge in [0.1, 0.15) is 5.69 Å². The zero-order valence-electron chi connectivity index (χ0n) is 10.7. The van der Waals surface area contributed by atoms with E-state index in [1.165, 1.54) is 0 Å². The number of hydrogen-bond acceptors (Lipinski definition) is 5. The Balaban J connectivity index is 2.15. The number of hydrogen-bond donors (Lipinski definition) is 1. The smallest absolute Gasteiger partial charge is 0.353 e. The maximum absolute atomic E-state index is 11.0. The standard InChI is InChI=1S/C11H18N4O3/c1-3-14-11(10(15(16)17)8(2)13-14)18-7-9-4-5-12-6-9/h9,12H,3-7H2,1-2H3. The largest absolute Gasteiger partial charge is 0.473 e. The van der Waals surface area contributed by atoms with Crippen molar-refractivity contribution in [3.05, 3.63) is 15.8 Å². The third-order valence-electron chi connectivity index (χ3n) is 3.15. The SMILES string of the molecule is CCn1nc(C)c([N+](=O)[O-])c1OCC1CCNC1. The number of ether oxygens (including phenoxy) is 1. The average molecular weight is 254 g/mol. The van der Waals surface area contributed by atoms with Gasteiger partial charge in [0.05, 0.1) is 11.5 Å². The first-order valence-electron chi connectivity index (χ1n) is 6.18. The zero-order chi connectivity index (χ0) is 13.1. The van der Waals surface area contributed by atoms with Crippen LogP contribution in [0.4, 0.5) is 5.69 Å². The van der Waals surface area contributed by atoms with Crippen LogP contribution in [0.25, 0.3) is 0 Å². The summed E-state index contributed by atoms with van der Waals surface area (Å²) in [4.78, 5) is 10.6. The van der Waals surface area contributed by atoms with Crippen molar-refractivity contribution in [1.82, 2.24) is 15.1 Å². The molecule has 0 spiro atoms. The van der Waals surface area contributed by atoms with Gasteiger partial charge in [-0.3, -0.25) is 10.1 Å². The van der Waals surface area contributed by atoms with E-state index in [-0.39, 0.29) is 11.6 Å². The van der Waals surface area contributed by atoms with Crippen LogP contribution >= 0.6 is 0 Å². The Bertz CT molecular complexity index is 438. The lowest BCUT2D eigenvalue weighted by Gasteiger charge is -2.10. The van der Waals surface area contributed by atoms with Gasteiger partial charge in [0.2, 0.25) is 0 Å². The highest BCUT2D eigenvalue weighted by atomic mass is 16.6. The second-order valence-electron chi connectivity index (χ2n) is 4.48. The van der Waals surface area contributed by atoms with Gasteiger partial charge >= 0.3 is 5.69 Å². The molecule has 0 saturated carbocycles. The molecule has 1 aromatic rings. The number of aryl methyl sites for hydroxylation is 2. The highest BCUT2D eigenvalue weighted by Crippen LogP contribution is 2.31. The summed E-state index contributed by atoms with van der Waals surface area (Å²) < 4.78 is 7.20. The maximum atomic E-state index is 11.0. The summed E-state index contributed by atoms with van der Waals surface area (Å²) in [5, 5.41) is 18.4. The minimum atomic E-state index is -0.420. The first kappa shape index (κ1) is 12.8. The molecule has 0 amide bonds. The Morgan fingerprint density at radius 1 is 1.67 bits per heavy atom. The van der Waals surface area contributed by atoms with E-state index < -0.39 is 4.92 Å². The Kier molecular flexibility index (Phi) is 3.81. The molecule has 0 aromatic carbocycles. The third-order valence-corrected chi connectivity index (χ3v) is 3.15. The summed E-state index contributed by atoms with van der Waals surface area (Å²) in [6, 6.07) is 0. The topological polar surface area (TPSA) is 82.2 Å². The molecule has 1 saturated heterocycles. The Morgan fingerprint density at radius 3 is 3.00 bits per heavy atom. The van der Waals surface area contributed by atoms with Crippen LogP contribution in [0.1, 0.15) is 19.0 Å². The molecule has 1 unspecified atom stereocenters. The summed E-state index contributed by atoms with van der Waals surface area (Å²) in [5.74, 6) is 0.706. The fraction of sp³-hybridized carbons (Fsp3) is 0.727. The lowest BCUT2D eigenvalue weighted by molar-refractivity contribution is -0.386. The molecule has 0 aliphatic carbocycles. The highest BCUT2D eigenvalue weighted by molar-refractivity contribution is 5.45. The highest BCUT2D eigenvalue weighted by Gasteiger charge is 2.27. The van der Waals surface area contributed by atoms with Crippen LogP contribution in [0, 0.1) is 23.0 Å². The number of rotatable bonds is 5. The Hall–Kier alpha value is -1.63. The molecule has 1 fully saturated rings. The van der Waals surface area contributed by atoms with Gasteiger partial charge in [-0.2, -0.15) is 5.10 Å². The predicted molar refractivity (Wildman–Crippen MR) is 65.8 cm³/mol.